The maximum atomic E-state index is 12.9. The van der Waals surface area contributed by atoms with Crippen molar-refractivity contribution in [1.82, 2.24) is 9.80 Å². The number of nitrogens with zero attached hydrogens (tertiary/aromatic N) is 2. The van der Waals surface area contributed by atoms with Crippen LogP contribution in [0.5, 0.6) is 0 Å². The molecule has 1 aromatic rings. The Morgan fingerprint density at radius 2 is 1.85 bits per heavy atom. The number of carbonyl (C=O) groups excluding carboxylic acids is 2. The van der Waals surface area contributed by atoms with Gasteiger partial charge in [0.15, 0.2) is 0 Å². The van der Waals surface area contributed by atoms with Crippen molar-refractivity contribution < 1.29 is 9.59 Å². The third-order valence-electron chi connectivity index (χ3n) is 6.82. The fraction of sp³-hybridized carbons (Fsp3) is 0.565. The maximum Gasteiger partial charge on any atom is 0.226 e. The first-order chi connectivity index (χ1) is 13.1. The number of aryl methyl sites for hydroxylation is 1. The van der Waals surface area contributed by atoms with E-state index in [2.05, 4.69) is 35.2 Å². The number of carbonyl (C=O) groups is 2. The molecule has 0 spiro atoms. The number of hydrogen-bond acceptors (Lipinski definition) is 2. The summed E-state index contributed by atoms with van der Waals surface area (Å²) in [6, 6.07) is 10.6. The molecule has 0 N–H and O–H groups in total. The van der Waals surface area contributed by atoms with Crippen molar-refractivity contribution in [3.05, 3.63) is 47.5 Å². The highest BCUT2D eigenvalue weighted by Gasteiger charge is 2.53. The molecule has 2 amide bonds. The Morgan fingerprint density at radius 1 is 1.11 bits per heavy atom. The van der Waals surface area contributed by atoms with Gasteiger partial charge in [-0.1, -0.05) is 42.0 Å². The number of allylic oxidation sites excluding steroid dienone is 1. The van der Waals surface area contributed by atoms with E-state index in [1.54, 1.807) is 6.92 Å². The van der Waals surface area contributed by atoms with Crippen LogP contribution in [-0.4, -0.2) is 47.8 Å². The standard InChI is InChI=1S/C23H30N2O2/c1-18(26)24-14-21-15-25(22(27)13-20-9-5-6-10-20)17-23(21,16-24)12-11-19-7-3-2-4-8-19/h2-4,7-9,21H,5-6,10-17H2,1H3. The zero-order chi connectivity index (χ0) is 18.9. The number of rotatable bonds is 5. The van der Waals surface area contributed by atoms with E-state index in [1.807, 2.05) is 11.0 Å². The molecule has 3 aliphatic rings. The molecule has 2 aliphatic heterocycles. The second kappa shape index (κ2) is 7.49. The van der Waals surface area contributed by atoms with Crippen LogP contribution in [0.15, 0.2) is 42.0 Å². The van der Waals surface area contributed by atoms with Gasteiger partial charge < -0.3 is 9.80 Å². The molecule has 0 radical (unpaired) electrons. The van der Waals surface area contributed by atoms with Gasteiger partial charge in [0.1, 0.15) is 0 Å². The SMILES string of the molecule is CC(=O)N1CC2CN(C(=O)CC3=CCCC3)CC2(CCc2ccccc2)C1. The second-order valence-electron chi connectivity index (χ2n) is 8.65. The van der Waals surface area contributed by atoms with Gasteiger partial charge in [0.25, 0.3) is 0 Å². The monoisotopic (exact) mass is 366 g/mol. The summed E-state index contributed by atoms with van der Waals surface area (Å²) in [4.78, 5) is 28.9. The smallest absolute Gasteiger partial charge is 0.226 e. The van der Waals surface area contributed by atoms with Crippen molar-refractivity contribution in [2.45, 2.75) is 45.4 Å². The van der Waals surface area contributed by atoms with Crippen molar-refractivity contribution in [3.8, 4) is 0 Å². The van der Waals surface area contributed by atoms with Crippen LogP contribution in [0, 0.1) is 11.3 Å². The molecule has 2 saturated heterocycles. The minimum atomic E-state index is 0.0568. The zero-order valence-electron chi connectivity index (χ0n) is 16.3. The molecular formula is C23H30N2O2. The van der Waals surface area contributed by atoms with E-state index in [0.29, 0.717) is 12.3 Å². The molecule has 0 saturated carbocycles. The topological polar surface area (TPSA) is 40.6 Å². The molecule has 4 rings (SSSR count). The minimum Gasteiger partial charge on any atom is -0.342 e. The van der Waals surface area contributed by atoms with Crippen LogP contribution in [0.3, 0.4) is 0 Å². The van der Waals surface area contributed by atoms with Crippen molar-refractivity contribution >= 4 is 11.8 Å². The van der Waals surface area contributed by atoms with E-state index >= 15 is 0 Å². The Balaban J connectivity index is 1.46. The van der Waals surface area contributed by atoms with E-state index in [1.165, 1.54) is 17.6 Å². The molecule has 1 aliphatic carbocycles. The Hall–Kier alpha value is -2.10. The summed E-state index contributed by atoms with van der Waals surface area (Å²) in [5.74, 6) is 0.857. The van der Waals surface area contributed by atoms with Crippen LogP contribution in [0.1, 0.15) is 44.6 Å². The summed E-state index contributed by atoms with van der Waals surface area (Å²) >= 11 is 0. The molecule has 2 heterocycles. The van der Waals surface area contributed by atoms with Crippen LogP contribution in [-0.2, 0) is 16.0 Å². The predicted octanol–water partition coefficient (Wildman–Crippen LogP) is 3.43. The Morgan fingerprint density at radius 3 is 2.56 bits per heavy atom. The van der Waals surface area contributed by atoms with Gasteiger partial charge in [-0.25, -0.2) is 0 Å². The van der Waals surface area contributed by atoms with E-state index in [0.717, 1.165) is 51.9 Å². The fourth-order valence-electron chi connectivity index (χ4n) is 5.21. The van der Waals surface area contributed by atoms with E-state index in [9.17, 15) is 9.59 Å². The third kappa shape index (κ3) is 3.80. The highest BCUT2D eigenvalue weighted by Crippen LogP contribution is 2.46. The molecule has 2 unspecified atom stereocenters. The quantitative estimate of drug-likeness (QED) is 0.749. The van der Waals surface area contributed by atoms with Gasteiger partial charge in [0, 0.05) is 50.9 Å². The van der Waals surface area contributed by atoms with Gasteiger partial charge in [0.05, 0.1) is 0 Å². The summed E-state index contributed by atoms with van der Waals surface area (Å²) in [7, 11) is 0. The molecule has 1 aromatic carbocycles. The molecular weight excluding hydrogens is 336 g/mol. The van der Waals surface area contributed by atoms with Crippen LogP contribution >= 0.6 is 0 Å². The lowest BCUT2D eigenvalue weighted by atomic mass is 9.76. The lowest BCUT2D eigenvalue weighted by Crippen LogP contribution is -2.38. The van der Waals surface area contributed by atoms with Crippen molar-refractivity contribution in [1.29, 1.82) is 0 Å². The van der Waals surface area contributed by atoms with Crippen LogP contribution < -0.4 is 0 Å². The Bertz CT molecular complexity index is 742. The van der Waals surface area contributed by atoms with E-state index in [4.69, 9.17) is 0 Å². The molecule has 27 heavy (non-hydrogen) atoms. The number of benzene rings is 1. The van der Waals surface area contributed by atoms with Crippen molar-refractivity contribution in [3.63, 3.8) is 0 Å². The molecule has 4 heteroatoms. The minimum absolute atomic E-state index is 0.0568. The Labute approximate surface area is 162 Å². The summed E-state index contributed by atoms with van der Waals surface area (Å²) in [6.45, 7) is 4.88. The van der Waals surface area contributed by atoms with Gasteiger partial charge in [-0.15, -0.1) is 0 Å². The number of fused-ring (bicyclic) bond motifs is 1. The third-order valence-corrected chi connectivity index (χ3v) is 6.82. The summed E-state index contributed by atoms with van der Waals surface area (Å²) in [6.07, 6.45) is 8.30. The molecule has 2 atom stereocenters. The number of likely N-dealkylation sites (tertiary alicyclic amines) is 2. The van der Waals surface area contributed by atoms with Crippen LogP contribution in [0.25, 0.3) is 0 Å². The number of hydrogen-bond donors (Lipinski definition) is 0. The molecule has 4 nitrogen and oxygen atoms in total. The van der Waals surface area contributed by atoms with Gasteiger partial charge in [-0.05, 0) is 37.7 Å². The van der Waals surface area contributed by atoms with E-state index in [-0.39, 0.29) is 17.2 Å². The first-order valence-corrected chi connectivity index (χ1v) is 10.3. The summed E-state index contributed by atoms with van der Waals surface area (Å²) in [5, 5.41) is 0. The molecule has 0 bridgehead atoms. The lowest BCUT2D eigenvalue weighted by molar-refractivity contribution is -0.130. The first kappa shape index (κ1) is 18.3. The first-order valence-electron chi connectivity index (χ1n) is 10.3. The molecule has 2 fully saturated rings. The highest BCUT2D eigenvalue weighted by molar-refractivity contribution is 5.79. The van der Waals surface area contributed by atoms with Crippen LogP contribution in [0.2, 0.25) is 0 Å². The number of amides is 2. The maximum absolute atomic E-state index is 12.9. The molecule has 0 aromatic heterocycles. The Kier molecular flexibility index (Phi) is 5.07. The van der Waals surface area contributed by atoms with Gasteiger partial charge in [0.2, 0.25) is 11.8 Å². The van der Waals surface area contributed by atoms with Crippen LogP contribution in [0.4, 0.5) is 0 Å². The average Bonchev–Trinajstić information content (AvgIpc) is 3.35. The van der Waals surface area contributed by atoms with E-state index < -0.39 is 0 Å². The zero-order valence-corrected chi connectivity index (χ0v) is 16.3. The highest BCUT2D eigenvalue weighted by atomic mass is 16.2. The van der Waals surface area contributed by atoms with Gasteiger partial charge >= 0.3 is 0 Å². The fourth-order valence-corrected chi connectivity index (χ4v) is 5.21. The lowest BCUT2D eigenvalue weighted by Gasteiger charge is -2.29. The van der Waals surface area contributed by atoms with Gasteiger partial charge in [-0.3, -0.25) is 9.59 Å². The largest absolute Gasteiger partial charge is 0.342 e. The second-order valence-corrected chi connectivity index (χ2v) is 8.65. The molecule has 144 valence electrons. The normalized spacial score (nSPS) is 27.0. The predicted molar refractivity (Wildman–Crippen MR) is 106 cm³/mol. The van der Waals surface area contributed by atoms with Crippen molar-refractivity contribution in [2.24, 2.45) is 11.3 Å². The summed E-state index contributed by atoms with van der Waals surface area (Å²) < 4.78 is 0. The van der Waals surface area contributed by atoms with Gasteiger partial charge in [-0.2, -0.15) is 0 Å². The summed E-state index contributed by atoms with van der Waals surface area (Å²) in [5.41, 5.74) is 2.72. The average molecular weight is 367 g/mol. The van der Waals surface area contributed by atoms with Crippen molar-refractivity contribution in [2.75, 3.05) is 26.2 Å².